The lowest BCUT2D eigenvalue weighted by Gasteiger charge is -2.29. The van der Waals surface area contributed by atoms with E-state index in [0.29, 0.717) is 0 Å². The Labute approximate surface area is 153 Å². The van der Waals surface area contributed by atoms with Crippen molar-refractivity contribution in [1.29, 1.82) is 0 Å². The van der Waals surface area contributed by atoms with Crippen molar-refractivity contribution in [2.24, 2.45) is 5.92 Å². The van der Waals surface area contributed by atoms with Gasteiger partial charge in [-0.3, -0.25) is 4.79 Å². The van der Waals surface area contributed by atoms with E-state index in [1.165, 1.54) is 19.3 Å². The molecule has 1 aromatic carbocycles. The summed E-state index contributed by atoms with van der Waals surface area (Å²) in [4.78, 5) is 19.5. The lowest BCUT2D eigenvalue weighted by molar-refractivity contribution is -0.117. The van der Waals surface area contributed by atoms with Gasteiger partial charge in [0.2, 0.25) is 5.91 Å². The Morgan fingerprint density at radius 3 is 2.72 bits per heavy atom. The number of pyridine rings is 1. The second kappa shape index (κ2) is 7.04. The molecular formula is C20H22ClN3O. The van der Waals surface area contributed by atoms with Crippen LogP contribution in [0.1, 0.15) is 37.2 Å². The van der Waals surface area contributed by atoms with Gasteiger partial charge in [-0.25, -0.2) is 4.98 Å². The van der Waals surface area contributed by atoms with Crippen LogP contribution in [0.5, 0.6) is 0 Å². The average Bonchev–Trinajstić information content (AvgIpc) is 3.44. The summed E-state index contributed by atoms with van der Waals surface area (Å²) in [5, 5.41) is 3.85. The van der Waals surface area contributed by atoms with E-state index < -0.39 is 0 Å². The molecule has 1 aliphatic heterocycles. The number of rotatable bonds is 4. The van der Waals surface area contributed by atoms with Crippen molar-refractivity contribution in [2.75, 3.05) is 23.3 Å². The van der Waals surface area contributed by atoms with Crippen LogP contribution in [-0.4, -0.2) is 24.0 Å². The zero-order valence-corrected chi connectivity index (χ0v) is 14.9. The summed E-state index contributed by atoms with van der Waals surface area (Å²) in [7, 11) is 0. The van der Waals surface area contributed by atoms with Gasteiger partial charge in [-0.2, -0.15) is 0 Å². The topological polar surface area (TPSA) is 45.2 Å². The molecule has 1 N–H and O–H groups in total. The van der Waals surface area contributed by atoms with Gasteiger partial charge in [0, 0.05) is 30.2 Å². The number of amides is 1. The van der Waals surface area contributed by atoms with Crippen LogP contribution >= 0.6 is 11.6 Å². The van der Waals surface area contributed by atoms with E-state index >= 15 is 0 Å². The predicted octanol–water partition coefficient (Wildman–Crippen LogP) is 4.47. The molecule has 1 saturated carbocycles. The fraction of sp³-hybridized carbons (Fsp3) is 0.400. The summed E-state index contributed by atoms with van der Waals surface area (Å²) in [6.07, 6.45) is 6.28. The molecule has 5 heteroatoms. The van der Waals surface area contributed by atoms with E-state index in [9.17, 15) is 4.79 Å². The van der Waals surface area contributed by atoms with Crippen LogP contribution < -0.4 is 10.2 Å². The van der Waals surface area contributed by atoms with E-state index in [2.05, 4.69) is 15.2 Å². The third kappa shape index (κ3) is 3.49. The highest BCUT2D eigenvalue weighted by atomic mass is 35.5. The second-order valence-electron chi connectivity index (χ2n) is 6.88. The molecule has 2 unspecified atom stereocenters. The molecule has 0 radical (unpaired) electrons. The molecule has 2 aromatic rings. The molecule has 1 aliphatic carbocycles. The Morgan fingerprint density at radius 1 is 1.12 bits per heavy atom. The van der Waals surface area contributed by atoms with Crippen molar-refractivity contribution >= 4 is 29.0 Å². The molecule has 2 heterocycles. The van der Waals surface area contributed by atoms with Crippen LogP contribution in [0.15, 0.2) is 42.6 Å². The van der Waals surface area contributed by atoms with Crippen LogP contribution in [0.4, 0.5) is 11.5 Å². The number of carbonyl (C=O) groups is 1. The van der Waals surface area contributed by atoms with E-state index in [-0.39, 0.29) is 17.7 Å². The number of hydrogen-bond donors (Lipinski definition) is 1. The molecular weight excluding hydrogens is 334 g/mol. The minimum Gasteiger partial charge on any atom is -0.355 e. The number of halogens is 1. The average molecular weight is 356 g/mol. The Balaban J connectivity index is 1.46. The van der Waals surface area contributed by atoms with E-state index in [1.807, 2.05) is 36.4 Å². The number of aromatic nitrogens is 1. The van der Waals surface area contributed by atoms with Gasteiger partial charge in [-0.05, 0) is 55.4 Å². The van der Waals surface area contributed by atoms with Crippen LogP contribution in [0.2, 0.25) is 5.02 Å². The largest absolute Gasteiger partial charge is 0.355 e. The maximum absolute atomic E-state index is 12.7. The molecule has 2 atom stereocenters. The maximum Gasteiger partial charge on any atom is 0.228 e. The van der Waals surface area contributed by atoms with E-state index in [4.69, 9.17) is 11.6 Å². The van der Waals surface area contributed by atoms with Gasteiger partial charge in [-0.15, -0.1) is 0 Å². The molecule has 130 valence electrons. The van der Waals surface area contributed by atoms with Gasteiger partial charge < -0.3 is 10.2 Å². The third-order valence-corrected chi connectivity index (χ3v) is 5.48. The lowest BCUT2D eigenvalue weighted by atomic mass is 10.1. The fourth-order valence-electron chi connectivity index (χ4n) is 3.68. The molecule has 25 heavy (non-hydrogen) atoms. The van der Waals surface area contributed by atoms with Gasteiger partial charge in [0.05, 0.1) is 5.69 Å². The molecule has 1 aromatic heterocycles. The third-order valence-electron chi connectivity index (χ3n) is 5.13. The van der Waals surface area contributed by atoms with Crippen molar-refractivity contribution in [3.8, 4) is 0 Å². The quantitative estimate of drug-likeness (QED) is 0.880. The number of piperidine rings is 1. The fourth-order valence-corrected chi connectivity index (χ4v) is 3.96. The maximum atomic E-state index is 12.7. The minimum absolute atomic E-state index is 0.00527. The number of nitrogens with zero attached hydrogens (tertiary/aromatic N) is 2. The van der Waals surface area contributed by atoms with Gasteiger partial charge in [-0.1, -0.05) is 29.8 Å². The van der Waals surface area contributed by atoms with Crippen LogP contribution in [0, 0.1) is 5.92 Å². The van der Waals surface area contributed by atoms with E-state index in [0.717, 1.165) is 41.6 Å². The monoisotopic (exact) mass is 355 g/mol. The molecule has 1 saturated heterocycles. The Hall–Kier alpha value is -2.07. The summed E-state index contributed by atoms with van der Waals surface area (Å²) in [5.41, 5.74) is 1.89. The van der Waals surface area contributed by atoms with Crippen molar-refractivity contribution in [3.63, 3.8) is 0 Å². The van der Waals surface area contributed by atoms with Gasteiger partial charge in [0.25, 0.3) is 0 Å². The standard InChI is InChI=1S/C20H22ClN3O/c21-17-8-3-2-7-14(17)15-13-16(15)20(25)23-18-9-6-10-22-19(18)24-11-4-1-5-12-24/h2-3,6-10,15-16H,1,4-5,11-13H2,(H,23,25). The lowest BCUT2D eigenvalue weighted by Crippen LogP contribution is -2.31. The van der Waals surface area contributed by atoms with Crippen LogP contribution in [-0.2, 0) is 4.79 Å². The highest BCUT2D eigenvalue weighted by Gasteiger charge is 2.45. The molecule has 1 amide bonds. The van der Waals surface area contributed by atoms with Gasteiger partial charge in [0.1, 0.15) is 0 Å². The molecule has 4 nitrogen and oxygen atoms in total. The SMILES string of the molecule is O=C(Nc1cccnc1N1CCCCC1)C1CC1c1ccccc1Cl. The Bertz CT molecular complexity index is 773. The van der Waals surface area contributed by atoms with Gasteiger partial charge >= 0.3 is 0 Å². The first-order chi connectivity index (χ1) is 12.2. The van der Waals surface area contributed by atoms with Crippen molar-refractivity contribution in [3.05, 3.63) is 53.2 Å². The van der Waals surface area contributed by atoms with Crippen molar-refractivity contribution in [1.82, 2.24) is 4.98 Å². The zero-order chi connectivity index (χ0) is 17.2. The van der Waals surface area contributed by atoms with Crippen LogP contribution in [0.25, 0.3) is 0 Å². The Kier molecular flexibility index (Phi) is 4.62. The number of benzene rings is 1. The molecule has 0 bridgehead atoms. The van der Waals surface area contributed by atoms with Crippen molar-refractivity contribution < 1.29 is 4.79 Å². The highest BCUT2D eigenvalue weighted by molar-refractivity contribution is 6.31. The zero-order valence-electron chi connectivity index (χ0n) is 14.1. The summed E-state index contributed by atoms with van der Waals surface area (Å²) in [5.74, 6) is 1.18. The highest BCUT2D eigenvalue weighted by Crippen LogP contribution is 2.50. The van der Waals surface area contributed by atoms with Gasteiger partial charge in [0.15, 0.2) is 5.82 Å². The molecule has 4 rings (SSSR count). The molecule has 0 spiro atoms. The summed E-state index contributed by atoms with van der Waals surface area (Å²) in [6, 6.07) is 11.6. The normalized spacial score (nSPS) is 22.5. The van der Waals surface area contributed by atoms with E-state index in [1.54, 1.807) is 6.20 Å². The predicted molar refractivity (Wildman–Crippen MR) is 101 cm³/mol. The number of nitrogens with one attached hydrogen (secondary N) is 1. The first-order valence-electron chi connectivity index (χ1n) is 8.99. The van der Waals surface area contributed by atoms with Crippen LogP contribution in [0.3, 0.4) is 0 Å². The Morgan fingerprint density at radius 2 is 1.92 bits per heavy atom. The summed E-state index contributed by atoms with van der Waals surface area (Å²) >= 11 is 6.27. The number of carbonyl (C=O) groups excluding carboxylic acids is 1. The summed E-state index contributed by atoms with van der Waals surface area (Å²) < 4.78 is 0. The first-order valence-corrected chi connectivity index (χ1v) is 9.37. The molecule has 2 fully saturated rings. The first kappa shape index (κ1) is 16.4. The smallest absolute Gasteiger partial charge is 0.228 e. The summed E-state index contributed by atoms with van der Waals surface area (Å²) in [6.45, 7) is 2.01. The molecule has 2 aliphatic rings. The number of hydrogen-bond acceptors (Lipinski definition) is 3. The minimum atomic E-state index is -0.00527. The number of anilines is 2. The van der Waals surface area contributed by atoms with Crippen molar-refractivity contribution in [2.45, 2.75) is 31.6 Å². The second-order valence-corrected chi connectivity index (χ2v) is 7.29.